The highest BCUT2D eigenvalue weighted by molar-refractivity contribution is 4.75. The van der Waals surface area contributed by atoms with Gasteiger partial charge in [0.15, 0.2) is 0 Å². The van der Waals surface area contributed by atoms with Crippen LogP contribution in [0, 0.1) is 0 Å². The molecule has 0 fully saturated rings. The number of unbranched alkanes of at least 4 members (excludes halogenated alkanes) is 1. The summed E-state index contributed by atoms with van der Waals surface area (Å²) in [5.41, 5.74) is 0. The molecule has 0 saturated carbocycles. The first-order chi connectivity index (χ1) is 3.91. The Morgan fingerprint density at radius 1 is 1.08 bits per heavy atom. The zero-order chi connectivity index (χ0) is 6.24. The van der Waals surface area contributed by atoms with E-state index in [2.05, 4.69) is 12.2 Å². The van der Waals surface area contributed by atoms with Crippen LogP contribution in [0.1, 0.15) is 49.5 Å². The van der Waals surface area contributed by atoms with E-state index in [0.29, 0.717) is 0 Å². The molecular formula is C11H30O. The highest BCUT2D eigenvalue weighted by atomic mass is 16.5. The van der Waals surface area contributed by atoms with E-state index >= 15 is 0 Å². The molecule has 0 aliphatic rings. The quantitative estimate of drug-likeness (QED) is 0.454. The van der Waals surface area contributed by atoms with E-state index in [1.807, 2.05) is 6.92 Å². The molecule has 0 spiro atoms. The first-order valence-corrected chi connectivity index (χ1v) is 3.02. The lowest BCUT2D eigenvalue weighted by Gasteiger charge is -1.91. The highest BCUT2D eigenvalue weighted by Crippen LogP contribution is 1.89. The summed E-state index contributed by atoms with van der Waals surface area (Å²) in [5, 5.41) is 0. The fourth-order valence-corrected chi connectivity index (χ4v) is 0.512. The topological polar surface area (TPSA) is 9.23 Å². The van der Waals surface area contributed by atoms with Gasteiger partial charge in [-0.05, 0) is 19.8 Å². The zero-order valence-corrected chi connectivity index (χ0v) is 5.68. The molecule has 0 saturated heterocycles. The van der Waals surface area contributed by atoms with Crippen molar-refractivity contribution < 1.29 is 4.74 Å². The molecular weight excluding hydrogens is 148 g/mol. The minimum Gasteiger partial charge on any atom is -0.385 e. The number of methoxy groups -OCH3 is 1. The van der Waals surface area contributed by atoms with E-state index in [1.165, 1.54) is 0 Å². The van der Waals surface area contributed by atoms with Gasteiger partial charge in [0.1, 0.15) is 0 Å². The van der Waals surface area contributed by atoms with Gasteiger partial charge in [0.25, 0.3) is 0 Å². The van der Waals surface area contributed by atoms with E-state index in [4.69, 9.17) is 4.74 Å². The second kappa shape index (κ2) is 31.0. The Labute approximate surface area is 80.8 Å². The molecule has 0 heterocycles. The molecule has 0 aromatic heterocycles. The molecule has 12 heavy (non-hydrogen) atoms. The molecule has 1 heteroatoms. The second-order valence-corrected chi connectivity index (χ2v) is 1.70. The summed E-state index contributed by atoms with van der Waals surface area (Å²) in [5.74, 6) is 0. The van der Waals surface area contributed by atoms with Gasteiger partial charge in [-0.3, -0.25) is 0 Å². The molecule has 0 aliphatic carbocycles. The summed E-state index contributed by atoms with van der Waals surface area (Å²) in [6.45, 7) is 2.91. The monoisotopic (exact) mass is 178 g/mol. The van der Waals surface area contributed by atoms with Crippen molar-refractivity contribution in [1.82, 2.24) is 0 Å². The maximum Gasteiger partial charge on any atom is 0.0465 e. The van der Waals surface area contributed by atoms with Crippen molar-refractivity contribution in [2.24, 2.45) is 0 Å². The van der Waals surface area contributed by atoms with Crippen molar-refractivity contribution >= 4 is 0 Å². The SMILES string of the molecule is C.C.C.C.CC=CCCCOC. The highest BCUT2D eigenvalue weighted by Gasteiger charge is 1.78. The van der Waals surface area contributed by atoms with Gasteiger partial charge < -0.3 is 4.74 Å². The fourth-order valence-electron chi connectivity index (χ4n) is 0.512. The number of hydrogen-bond donors (Lipinski definition) is 0. The lowest BCUT2D eigenvalue weighted by atomic mass is 10.3. The summed E-state index contributed by atoms with van der Waals surface area (Å²) in [6, 6.07) is 0. The largest absolute Gasteiger partial charge is 0.385 e. The molecule has 0 unspecified atom stereocenters. The standard InChI is InChI=1S/C7H14O.4CH4/c1-3-4-5-6-7-8-2;;;;/h3-4H,5-7H2,1-2H3;4*1H4. The Hall–Kier alpha value is -0.300. The molecule has 0 aromatic rings. The molecule has 0 aromatic carbocycles. The summed E-state index contributed by atoms with van der Waals surface area (Å²) in [7, 11) is 1.73. The maximum atomic E-state index is 4.85. The Bertz CT molecular complexity index is 58.0. The van der Waals surface area contributed by atoms with Crippen LogP contribution in [0.5, 0.6) is 0 Å². The summed E-state index contributed by atoms with van der Waals surface area (Å²) >= 11 is 0. The smallest absolute Gasteiger partial charge is 0.0465 e. The van der Waals surface area contributed by atoms with Gasteiger partial charge in [0.2, 0.25) is 0 Å². The van der Waals surface area contributed by atoms with Crippen LogP contribution in [0.15, 0.2) is 12.2 Å². The van der Waals surface area contributed by atoms with Crippen molar-refractivity contribution in [2.45, 2.75) is 49.5 Å². The fraction of sp³-hybridized carbons (Fsp3) is 0.818. The number of hydrogen-bond acceptors (Lipinski definition) is 1. The molecule has 0 atom stereocenters. The molecule has 0 rings (SSSR count). The van der Waals surface area contributed by atoms with Gasteiger partial charge in [-0.2, -0.15) is 0 Å². The van der Waals surface area contributed by atoms with E-state index in [9.17, 15) is 0 Å². The first kappa shape index (κ1) is 29.8. The minimum absolute atomic E-state index is 0. The molecule has 0 amide bonds. The van der Waals surface area contributed by atoms with Crippen LogP contribution in [0.4, 0.5) is 0 Å². The molecule has 0 radical (unpaired) electrons. The van der Waals surface area contributed by atoms with Crippen molar-refractivity contribution in [1.29, 1.82) is 0 Å². The van der Waals surface area contributed by atoms with Crippen LogP contribution in [-0.4, -0.2) is 13.7 Å². The maximum absolute atomic E-state index is 4.85. The van der Waals surface area contributed by atoms with E-state index < -0.39 is 0 Å². The summed E-state index contributed by atoms with van der Waals surface area (Å²) < 4.78 is 4.85. The van der Waals surface area contributed by atoms with Crippen molar-refractivity contribution in [3.05, 3.63) is 12.2 Å². The Balaban J connectivity index is -0.0000000408. The average molecular weight is 178 g/mol. The molecule has 0 bridgehead atoms. The first-order valence-electron chi connectivity index (χ1n) is 3.02. The Morgan fingerprint density at radius 3 is 1.92 bits per heavy atom. The lowest BCUT2D eigenvalue weighted by Crippen LogP contribution is -1.85. The van der Waals surface area contributed by atoms with Crippen molar-refractivity contribution in [3.63, 3.8) is 0 Å². The summed E-state index contributed by atoms with van der Waals surface area (Å²) in [6.07, 6.45) is 6.50. The third-order valence-electron chi connectivity index (χ3n) is 0.955. The van der Waals surface area contributed by atoms with Gasteiger partial charge in [0, 0.05) is 13.7 Å². The summed E-state index contributed by atoms with van der Waals surface area (Å²) in [4.78, 5) is 0. The third kappa shape index (κ3) is 33.2. The van der Waals surface area contributed by atoms with Gasteiger partial charge in [-0.15, -0.1) is 0 Å². The van der Waals surface area contributed by atoms with Gasteiger partial charge in [-0.1, -0.05) is 41.9 Å². The van der Waals surface area contributed by atoms with Crippen molar-refractivity contribution in [3.8, 4) is 0 Å². The van der Waals surface area contributed by atoms with Crippen LogP contribution in [-0.2, 0) is 4.74 Å². The third-order valence-corrected chi connectivity index (χ3v) is 0.955. The van der Waals surface area contributed by atoms with Crippen LogP contribution < -0.4 is 0 Å². The van der Waals surface area contributed by atoms with Gasteiger partial charge in [-0.25, -0.2) is 0 Å². The van der Waals surface area contributed by atoms with E-state index in [0.717, 1.165) is 19.4 Å². The number of ether oxygens (including phenoxy) is 1. The molecule has 1 nitrogen and oxygen atoms in total. The van der Waals surface area contributed by atoms with Gasteiger partial charge >= 0.3 is 0 Å². The van der Waals surface area contributed by atoms with Crippen LogP contribution in [0.2, 0.25) is 0 Å². The predicted molar refractivity (Wildman–Crippen MR) is 62.8 cm³/mol. The number of allylic oxidation sites excluding steroid dienone is 2. The predicted octanol–water partition coefficient (Wildman–Crippen LogP) is 4.53. The lowest BCUT2D eigenvalue weighted by molar-refractivity contribution is 0.196. The van der Waals surface area contributed by atoms with E-state index in [1.54, 1.807) is 7.11 Å². The Morgan fingerprint density at radius 2 is 1.58 bits per heavy atom. The second-order valence-electron chi connectivity index (χ2n) is 1.70. The van der Waals surface area contributed by atoms with Crippen LogP contribution >= 0.6 is 0 Å². The average Bonchev–Trinajstić information content (AvgIpc) is 1.81. The van der Waals surface area contributed by atoms with Crippen molar-refractivity contribution in [2.75, 3.05) is 13.7 Å². The molecule has 0 N–H and O–H groups in total. The van der Waals surface area contributed by atoms with E-state index in [-0.39, 0.29) is 29.7 Å². The number of rotatable bonds is 4. The van der Waals surface area contributed by atoms with Crippen LogP contribution in [0.25, 0.3) is 0 Å². The Kier molecular flexibility index (Phi) is 77.1. The van der Waals surface area contributed by atoms with Crippen LogP contribution in [0.3, 0.4) is 0 Å². The zero-order valence-electron chi connectivity index (χ0n) is 5.68. The minimum atomic E-state index is 0. The normalized spacial score (nSPS) is 7.17. The molecule has 0 aliphatic heterocycles. The van der Waals surface area contributed by atoms with Gasteiger partial charge in [0.05, 0.1) is 0 Å². The molecule has 80 valence electrons.